The molecule has 0 atom stereocenters. The van der Waals surface area contributed by atoms with Gasteiger partial charge in [-0.15, -0.1) is 10.2 Å². The lowest BCUT2D eigenvalue weighted by Gasteiger charge is -2.10. The van der Waals surface area contributed by atoms with Crippen molar-refractivity contribution in [3.63, 3.8) is 0 Å². The molecule has 2 aromatic heterocycles. The summed E-state index contributed by atoms with van der Waals surface area (Å²) >= 11 is 1.45. The van der Waals surface area contributed by atoms with Crippen LogP contribution in [0.3, 0.4) is 0 Å². The summed E-state index contributed by atoms with van der Waals surface area (Å²) in [5.41, 5.74) is 4.28. The third kappa shape index (κ3) is 4.50. The number of carbonyl (C=O) groups is 1. The van der Waals surface area contributed by atoms with Gasteiger partial charge in [0, 0.05) is 29.5 Å². The monoisotopic (exact) mass is 382 g/mol. The number of Topliss-reactive ketones (excluding diaryl/α,β-unsaturated/α-hetero) is 1. The van der Waals surface area contributed by atoms with E-state index < -0.39 is 0 Å². The molecule has 5 nitrogen and oxygen atoms in total. The normalized spacial score (nSPS) is 11.3. The second kappa shape index (κ2) is 8.57. The summed E-state index contributed by atoms with van der Waals surface area (Å²) in [4.78, 5) is 12.8. The van der Waals surface area contributed by atoms with E-state index in [1.54, 1.807) is 6.33 Å². The maximum Gasteiger partial charge on any atom is 0.191 e. The van der Waals surface area contributed by atoms with Crippen molar-refractivity contribution in [2.45, 2.75) is 51.9 Å². The van der Waals surface area contributed by atoms with Crippen LogP contribution in [0, 0.1) is 13.8 Å². The van der Waals surface area contributed by atoms with Crippen molar-refractivity contribution in [1.29, 1.82) is 0 Å². The first kappa shape index (κ1) is 19.4. The summed E-state index contributed by atoms with van der Waals surface area (Å²) in [7, 11) is 0. The van der Waals surface area contributed by atoms with E-state index in [0.29, 0.717) is 5.75 Å². The number of hydrogen-bond acceptors (Lipinski definition) is 4. The van der Waals surface area contributed by atoms with Crippen LogP contribution < -0.4 is 0 Å². The first-order valence-corrected chi connectivity index (χ1v) is 10.2. The SMILES string of the molecule is Cc1cc(C(=O)CSc2nncn2C(C)C)c(C)n1CCc1ccccc1. The van der Waals surface area contributed by atoms with E-state index in [9.17, 15) is 4.79 Å². The van der Waals surface area contributed by atoms with Gasteiger partial charge in [-0.3, -0.25) is 4.79 Å². The molecule has 0 bridgehead atoms. The largest absolute Gasteiger partial charge is 0.348 e. The molecular weight excluding hydrogens is 356 g/mol. The lowest BCUT2D eigenvalue weighted by atomic mass is 10.1. The molecule has 0 aliphatic rings. The number of rotatable bonds is 8. The second-order valence-corrected chi connectivity index (χ2v) is 7.94. The van der Waals surface area contributed by atoms with E-state index in [1.807, 2.05) is 23.6 Å². The minimum atomic E-state index is 0.136. The number of ketones is 1. The Morgan fingerprint density at radius 1 is 1.19 bits per heavy atom. The molecule has 0 saturated heterocycles. The number of thioether (sulfide) groups is 1. The molecule has 3 rings (SSSR count). The second-order valence-electron chi connectivity index (χ2n) is 7.00. The van der Waals surface area contributed by atoms with Gasteiger partial charge >= 0.3 is 0 Å². The zero-order valence-corrected chi connectivity index (χ0v) is 17.2. The predicted octanol–water partition coefficient (Wildman–Crippen LogP) is 4.50. The summed E-state index contributed by atoms with van der Waals surface area (Å²) in [5, 5.41) is 8.88. The molecule has 0 spiro atoms. The van der Waals surface area contributed by atoms with Gasteiger partial charge in [0.25, 0.3) is 0 Å². The smallest absolute Gasteiger partial charge is 0.191 e. The van der Waals surface area contributed by atoms with E-state index in [4.69, 9.17) is 0 Å². The lowest BCUT2D eigenvalue weighted by molar-refractivity contribution is 0.102. The van der Waals surface area contributed by atoms with Gasteiger partial charge in [-0.05, 0) is 45.7 Å². The fourth-order valence-corrected chi connectivity index (χ4v) is 4.14. The molecule has 3 aromatic rings. The summed E-state index contributed by atoms with van der Waals surface area (Å²) in [6, 6.07) is 12.7. The molecule has 0 unspecified atom stereocenters. The highest BCUT2D eigenvalue weighted by Gasteiger charge is 2.17. The van der Waals surface area contributed by atoms with Crippen LogP contribution in [0.1, 0.15) is 47.2 Å². The van der Waals surface area contributed by atoms with Gasteiger partial charge in [-0.1, -0.05) is 42.1 Å². The Morgan fingerprint density at radius 2 is 1.93 bits per heavy atom. The zero-order valence-electron chi connectivity index (χ0n) is 16.3. The fraction of sp³-hybridized carbons (Fsp3) is 0.381. The fourth-order valence-electron chi connectivity index (χ4n) is 3.21. The topological polar surface area (TPSA) is 52.7 Å². The first-order chi connectivity index (χ1) is 13.0. The molecule has 142 valence electrons. The summed E-state index contributed by atoms with van der Waals surface area (Å²) < 4.78 is 4.22. The van der Waals surface area contributed by atoms with Gasteiger partial charge in [-0.2, -0.15) is 0 Å². The molecule has 0 radical (unpaired) electrons. The van der Waals surface area contributed by atoms with Crippen molar-refractivity contribution in [2.24, 2.45) is 0 Å². The van der Waals surface area contributed by atoms with Crippen molar-refractivity contribution >= 4 is 17.5 Å². The van der Waals surface area contributed by atoms with Crippen molar-refractivity contribution in [1.82, 2.24) is 19.3 Å². The Bertz CT molecular complexity index is 912. The number of hydrogen-bond donors (Lipinski definition) is 0. The molecule has 0 fully saturated rings. The van der Waals surface area contributed by atoms with Crippen LogP contribution in [0.25, 0.3) is 0 Å². The maximum absolute atomic E-state index is 12.8. The molecule has 0 aliphatic carbocycles. The zero-order chi connectivity index (χ0) is 19.4. The van der Waals surface area contributed by atoms with Crippen LogP contribution in [-0.4, -0.2) is 30.9 Å². The van der Waals surface area contributed by atoms with Crippen molar-refractivity contribution in [3.8, 4) is 0 Å². The molecule has 6 heteroatoms. The molecule has 0 saturated carbocycles. The Morgan fingerprint density at radius 3 is 2.63 bits per heavy atom. The number of aryl methyl sites for hydroxylation is 2. The molecular formula is C21H26N4OS. The molecule has 1 aromatic carbocycles. The van der Waals surface area contributed by atoms with Gasteiger partial charge in [0.1, 0.15) is 6.33 Å². The van der Waals surface area contributed by atoms with E-state index >= 15 is 0 Å². The van der Waals surface area contributed by atoms with E-state index in [2.05, 4.69) is 59.8 Å². The Labute approximate surface area is 164 Å². The van der Waals surface area contributed by atoms with E-state index in [-0.39, 0.29) is 11.8 Å². The van der Waals surface area contributed by atoms with Crippen molar-refractivity contribution < 1.29 is 4.79 Å². The number of benzene rings is 1. The molecule has 2 heterocycles. The summed E-state index contributed by atoms with van der Waals surface area (Å²) in [5.74, 6) is 0.506. The average Bonchev–Trinajstić information content (AvgIpc) is 3.24. The van der Waals surface area contributed by atoms with Crippen molar-refractivity contribution in [2.75, 3.05) is 5.75 Å². The minimum absolute atomic E-state index is 0.136. The Hall–Kier alpha value is -2.34. The third-order valence-corrected chi connectivity index (χ3v) is 5.73. The molecule has 0 N–H and O–H groups in total. The van der Waals surface area contributed by atoms with Crippen molar-refractivity contribution in [3.05, 3.63) is 65.2 Å². The third-order valence-electron chi connectivity index (χ3n) is 4.77. The highest BCUT2D eigenvalue weighted by molar-refractivity contribution is 7.99. The quantitative estimate of drug-likeness (QED) is 0.425. The maximum atomic E-state index is 12.8. The van der Waals surface area contributed by atoms with Crippen LogP contribution in [-0.2, 0) is 13.0 Å². The lowest BCUT2D eigenvalue weighted by Crippen LogP contribution is -2.09. The van der Waals surface area contributed by atoms with E-state index in [0.717, 1.165) is 35.1 Å². The van der Waals surface area contributed by atoms with Gasteiger partial charge in [0.15, 0.2) is 10.9 Å². The average molecular weight is 383 g/mol. The van der Waals surface area contributed by atoms with E-state index in [1.165, 1.54) is 17.3 Å². The molecule has 27 heavy (non-hydrogen) atoms. The number of aromatic nitrogens is 4. The standard InChI is InChI=1S/C21H26N4OS/c1-15(2)25-14-22-23-21(25)27-13-20(26)19-12-16(3)24(17(19)4)11-10-18-8-6-5-7-9-18/h5-9,12,14-15H,10-11,13H2,1-4H3. The van der Waals surface area contributed by atoms with Gasteiger partial charge in [-0.25, -0.2) is 0 Å². The van der Waals surface area contributed by atoms with Crippen LogP contribution in [0.4, 0.5) is 0 Å². The van der Waals surface area contributed by atoms with Gasteiger partial charge in [0.05, 0.1) is 5.75 Å². The summed E-state index contributed by atoms with van der Waals surface area (Å²) in [6.45, 7) is 9.14. The van der Waals surface area contributed by atoms with Gasteiger partial charge < -0.3 is 9.13 Å². The van der Waals surface area contributed by atoms with Gasteiger partial charge in [0.2, 0.25) is 0 Å². The number of carbonyl (C=O) groups excluding carboxylic acids is 1. The first-order valence-electron chi connectivity index (χ1n) is 9.23. The van der Waals surface area contributed by atoms with Crippen LogP contribution in [0.5, 0.6) is 0 Å². The highest BCUT2D eigenvalue weighted by Crippen LogP contribution is 2.23. The molecule has 0 amide bonds. The highest BCUT2D eigenvalue weighted by atomic mass is 32.2. The predicted molar refractivity (Wildman–Crippen MR) is 110 cm³/mol. The van der Waals surface area contributed by atoms with Crippen LogP contribution in [0.2, 0.25) is 0 Å². The Kier molecular flexibility index (Phi) is 6.16. The Balaban J connectivity index is 1.67. The van der Waals surface area contributed by atoms with Crippen LogP contribution in [0.15, 0.2) is 47.9 Å². The molecule has 0 aliphatic heterocycles. The minimum Gasteiger partial charge on any atom is -0.348 e. The van der Waals surface area contributed by atoms with Crippen LogP contribution >= 0.6 is 11.8 Å². The number of nitrogens with zero attached hydrogens (tertiary/aromatic N) is 4. The summed E-state index contributed by atoms with van der Waals surface area (Å²) in [6.07, 6.45) is 2.67.